The highest BCUT2D eigenvalue weighted by Gasteiger charge is 2.15. The molecule has 4 aromatic heterocycles. The van der Waals surface area contributed by atoms with Gasteiger partial charge in [-0.1, -0.05) is 0 Å². The number of benzene rings is 1. The van der Waals surface area contributed by atoms with Gasteiger partial charge in [0.1, 0.15) is 4.83 Å². The molecule has 7 nitrogen and oxygen atoms in total. The highest BCUT2D eigenvalue weighted by molar-refractivity contribution is 7.21. The largest absolute Gasteiger partial charge is 0.378 e. The van der Waals surface area contributed by atoms with Crippen molar-refractivity contribution in [2.75, 3.05) is 36.5 Å². The fourth-order valence-corrected chi connectivity index (χ4v) is 5.13. The first-order valence-corrected chi connectivity index (χ1v) is 11.5. The molecule has 1 aromatic carbocycles. The van der Waals surface area contributed by atoms with E-state index in [2.05, 4.69) is 61.3 Å². The number of hydrogen-bond acceptors (Lipinski definition) is 7. The minimum atomic E-state index is 0.722. The molecule has 8 heteroatoms. The first-order chi connectivity index (χ1) is 15.8. The van der Waals surface area contributed by atoms with Crippen LogP contribution in [-0.2, 0) is 4.74 Å². The second-order valence-electron chi connectivity index (χ2n) is 7.86. The quantitative estimate of drug-likeness (QED) is 0.402. The number of nitrogens with one attached hydrogen (secondary N) is 2. The van der Waals surface area contributed by atoms with Crippen molar-refractivity contribution in [3.8, 4) is 10.4 Å². The van der Waals surface area contributed by atoms with Gasteiger partial charge in [-0.15, -0.1) is 11.3 Å². The third-order valence-corrected chi connectivity index (χ3v) is 7.02. The summed E-state index contributed by atoms with van der Waals surface area (Å²) in [6, 6.07) is 10.5. The Balaban J connectivity index is 1.32. The van der Waals surface area contributed by atoms with E-state index in [-0.39, 0.29) is 0 Å². The summed E-state index contributed by atoms with van der Waals surface area (Å²) in [4.78, 5) is 21.3. The summed E-state index contributed by atoms with van der Waals surface area (Å²) >= 11 is 1.65. The van der Waals surface area contributed by atoms with E-state index < -0.39 is 0 Å². The predicted molar refractivity (Wildman–Crippen MR) is 130 cm³/mol. The van der Waals surface area contributed by atoms with Crippen molar-refractivity contribution >= 4 is 49.8 Å². The number of morpholine rings is 1. The summed E-state index contributed by atoms with van der Waals surface area (Å²) in [6.07, 6.45) is 7.63. The molecule has 2 N–H and O–H groups in total. The molecule has 0 bridgehead atoms. The van der Waals surface area contributed by atoms with Gasteiger partial charge in [0, 0.05) is 70.3 Å². The van der Waals surface area contributed by atoms with Crippen LogP contribution in [0.2, 0.25) is 0 Å². The maximum atomic E-state index is 5.42. The molecule has 5 aromatic rings. The minimum Gasteiger partial charge on any atom is -0.378 e. The van der Waals surface area contributed by atoms with Gasteiger partial charge in [-0.2, -0.15) is 0 Å². The molecule has 5 heterocycles. The number of aromatic amines is 1. The molecule has 0 spiro atoms. The van der Waals surface area contributed by atoms with Crippen LogP contribution in [0.1, 0.15) is 5.56 Å². The maximum absolute atomic E-state index is 5.42. The molecule has 1 aliphatic heterocycles. The van der Waals surface area contributed by atoms with E-state index in [1.54, 1.807) is 11.3 Å². The van der Waals surface area contributed by atoms with Gasteiger partial charge in [-0.3, -0.25) is 0 Å². The van der Waals surface area contributed by atoms with Crippen LogP contribution >= 0.6 is 11.3 Å². The Morgan fingerprint density at radius 1 is 1.00 bits per heavy atom. The molecule has 32 heavy (non-hydrogen) atoms. The van der Waals surface area contributed by atoms with Crippen LogP contribution in [0.15, 0.2) is 55.1 Å². The Bertz CT molecular complexity index is 1400. The first kappa shape index (κ1) is 19.2. The number of anilines is 3. The van der Waals surface area contributed by atoms with Crippen LogP contribution in [0.3, 0.4) is 0 Å². The lowest BCUT2D eigenvalue weighted by Gasteiger charge is -2.26. The molecule has 1 aliphatic rings. The molecule has 160 valence electrons. The zero-order valence-electron chi connectivity index (χ0n) is 17.6. The van der Waals surface area contributed by atoms with Gasteiger partial charge in [0.15, 0.2) is 0 Å². The van der Waals surface area contributed by atoms with E-state index in [4.69, 9.17) is 4.74 Å². The zero-order valence-corrected chi connectivity index (χ0v) is 18.4. The van der Waals surface area contributed by atoms with Crippen LogP contribution in [-0.4, -0.2) is 46.2 Å². The Morgan fingerprint density at radius 3 is 2.69 bits per heavy atom. The molecule has 1 saturated heterocycles. The van der Waals surface area contributed by atoms with Gasteiger partial charge in [0.05, 0.1) is 18.9 Å². The van der Waals surface area contributed by atoms with Crippen LogP contribution < -0.4 is 10.2 Å². The number of pyridine rings is 1. The van der Waals surface area contributed by atoms with Gasteiger partial charge >= 0.3 is 0 Å². The second-order valence-corrected chi connectivity index (χ2v) is 8.89. The summed E-state index contributed by atoms with van der Waals surface area (Å²) in [7, 11) is 0. The van der Waals surface area contributed by atoms with Crippen LogP contribution in [0.5, 0.6) is 0 Å². The maximum Gasteiger partial charge on any atom is 0.225 e. The lowest BCUT2D eigenvalue weighted by Crippen LogP contribution is -2.37. The predicted octanol–water partition coefficient (Wildman–Crippen LogP) is 5.12. The number of H-pyrrole nitrogens is 1. The third kappa shape index (κ3) is 3.37. The molecule has 0 aliphatic carbocycles. The normalized spacial score (nSPS) is 14.3. The summed E-state index contributed by atoms with van der Waals surface area (Å²) < 4.78 is 5.42. The smallest absolute Gasteiger partial charge is 0.225 e. The first-order valence-electron chi connectivity index (χ1n) is 10.6. The fraction of sp³-hybridized carbons (Fsp3) is 0.208. The van der Waals surface area contributed by atoms with Gasteiger partial charge in [0.2, 0.25) is 5.95 Å². The van der Waals surface area contributed by atoms with E-state index in [1.165, 1.54) is 10.9 Å². The highest BCUT2D eigenvalue weighted by Crippen LogP contribution is 2.37. The van der Waals surface area contributed by atoms with E-state index in [0.29, 0.717) is 0 Å². The number of rotatable bonds is 4. The Hall–Kier alpha value is -3.49. The number of hydrogen-bond donors (Lipinski definition) is 2. The lowest BCUT2D eigenvalue weighted by molar-refractivity contribution is 0.122. The molecule has 0 saturated carbocycles. The average molecular weight is 443 g/mol. The number of aryl methyl sites for hydroxylation is 1. The molecular formula is C24H22N6OS. The van der Waals surface area contributed by atoms with E-state index in [0.717, 1.165) is 69.8 Å². The molecule has 0 atom stereocenters. The standard InChI is InChI=1S/C24H22N6OS/c1-15-17-4-6-25-20(17)3-2-19(15)29-21-5-7-26-23-18(21)12-22(32-23)16-13-27-24(28-14-16)30-8-10-31-11-9-30/h2-7,12-14,25H,8-11H2,1H3,(H,26,29). The molecular weight excluding hydrogens is 420 g/mol. The molecule has 0 radical (unpaired) electrons. The van der Waals surface area contributed by atoms with E-state index in [1.807, 2.05) is 30.9 Å². The van der Waals surface area contributed by atoms with Crippen molar-refractivity contribution in [1.82, 2.24) is 19.9 Å². The van der Waals surface area contributed by atoms with Crippen LogP contribution in [0.4, 0.5) is 17.3 Å². The van der Waals surface area contributed by atoms with Crippen molar-refractivity contribution < 1.29 is 4.74 Å². The van der Waals surface area contributed by atoms with E-state index >= 15 is 0 Å². The number of ether oxygens (including phenoxy) is 1. The van der Waals surface area contributed by atoms with Crippen LogP contribution in [0.25, 0.3) is 31.6 Å². The lowest BCUT2D eigenvalue weighted by atomic mass is 10.1. The fourth-order valence-electron chi connectivity index (χ4n) is 4.13. The van der Waals surface area contributed by atoms with Crippen molar-refractivity contribution in [3.63, 3.8) is 0 Å². The third-order valence-electron chi connectivity index (χ3n) is 5.93. The van der Waals surface area contributed by atoms with Crippen LogP contribution in [0, 0.1) is 6.92 Å². The summed E-state index contributed by atoms with van der Waals surface area (Å²) in [6.45, 7) is 5.24. The number of fused-ring (bicyclic) bond motifs is 2. The number of aromatic nitrogens is 4. The van der Waals surface area contributed by atoms with Crippen molar-refractivity contribution in [2.45, 2.75) is 6.92 Å². The second kappa shape index (κ2) is 7.89. The topological polar surface area (TPSA) is 79.0 Å². The molecule has 6 rings (SSSR count). The van der Waals surface area contributed by atoms with Crippen molar-refractivity contribution in [2.24, 2.45) is 0 Å². The summed E-state index contributed by atoms with van der Waals surface area (Å²) in [5.74, 6) is 0.759. The Kier molecular flexibility index (Phi) is 4.74. The highest BCUT2D eigenvalue weighted by atomic mass is 32.1. The SMILES string of the molecule is Cc1c(Nc2ccnc3sc(-c4cnc(N5CCOCC5)nc4)cc23)ccc2[nH]ccc12. The Morgan fingerprint density at radius 2 is 1.84 bits per heavy atom. The summed E-state index contributed by atoms with van der Waals surface area (Å²) in [5.41, 5.74) is 5.50. The molecule has 1 fully saturated rings. The van der Waals surface area contributed by atoms with Crippen molar-refractivity contribution in [1.29, 1.82) is 0 Å². The average Bonchev–Trinajstić information content (AvgIpc) is 3.50. The van der Waals surface area contributed by atoms with Gasteiger partial charge in [-0.25, -0.2) is 15.0 Å². The molecule has 0 unspecified atom stereocenters. The summed E-state index contributed by atoms with van der Waals surface area (Å²) in [5, 5.41) is 5.94. The minimum absolute atomic E-state index is 0.722. The van der Waals surface area contributed by atoms with Gasteiger partial charge in [0.25, 0.3) is 0 Å². The molecule has 0 amide bonds. The van der Waals surface area contributed by atoms with Crippen molar-refractivity contribution in [3.05, 3.63) is 60.7 Å². The number of nitrogens with zero attached hydrogens (tertiary/aromatic N) is 4. The Labute approximate surface area is 189 Å². The monoisotopic (exact) mass is 442 g/mol. The van der Waals surface area contributed by atoms with Gasteiger partial charge < -0.3 is 19.9 Å². The van der Waals surface area contributed by atoms with Gasteiger partial charge in [-0.05, 0) is 42.8 Å². The zero-order chi connectivity index (χ0) is 21.5. The number of thiophene rings is 1. The van der Waals surface area contributed by atoms with E-state index in [9.17, 15) is 0 Å².